The van der Waals surface area contributed by atoms with Gasteiger partial charge in [0.15, 0.2) is 5.78 Å². The second-order valence-corrected chi connectivity index (χ2v) is 7.98. The first-order valence-electron chi connectivity index (χ1n) is 9.42. The van der Waals surface area contributed by atoms with Crippen molar-refractivity contribution in [3.63, 3.8) is 0 Å². The van der Waals surface area contributed by atoms with Gasteiger partial charge in [0.2, 0.25) is 5.91 Å². The molecule has 6 nitrogen and oxygen atoms in total. The Morgan fingerprint density at radius 3 is 2.33 bits per heavy atom. The van der Waals surface area contributed by atoms with Crippen molar-refractivity contribution in [1.82, 2.24) is 4.90 Å². The van der Waals surface area contributed by atoms with E-state index in [0.29, 0.717) is 31.9 Å². The van der Waals surface area contributed by atoms with E-state index in [4.69, 9.17) is 9.47 Å². The molecule has 1 amide bonds. The highest BCUT2D eigenvalue weighted by Crippen LogP contribution is 2.43. The molecule has 0 saturated carbocycles. The molecule has 0 aliphatic carbocycles. The van der Waals surface area contributed by atoms with E-state index in [1.807, 2.05) is 19.1 Å². The van der Waals surface area contributed by atoms with Crippen molar-refractivity contribution in [1.29, 1.82) is 0 Å². The van der Waals surface area contributed by atoms with Crippen molar-refractivity contribution in [3.05, 3.63) is 35.4 Å². The molecule has 2 saturated heterocycles. The average Bonchev–Trinajstić information content (AvgIpc) is 2.89. The molecule has 2 heterocycles. The van der Waals surface area contributed by atoms with Gasteiger partial charge in [0.05, 0.1) is 13.2 Å². The second-order valence-electron chi connectivity index (χ2n) is 7.98. The lowest BCUT2D eigenvalue weighted by atomic mass is 9.72. The predicted molar refractivity (Wildman–Crippen MR) is 99.2 cm³/mol. The van der Waals surface area contributed by atoms with E-state index in [9.17, 15) is 14.4 Å². The summed E-state index contributed by atoms with van der Waals surface area (Å²) in [4.78, 5) is 40.4. The number of ketones is 1. The molecule has 146 valence electrons. The van der Waals surface area contributed by atoms with Gasteiger partial charge in [0.25, 0.3) is 0 Å². The van der Waals surface area contributed by atoms with Gasteiger partial charge in [-0.1, -0.05) is 36.8 Å². The van der Waals surface area contributed by atoms with Crippen molar-refractivity contribution in [3.8, 4) is 0 Å². The van der Waals surface area contributed by atoms with E-state index >= 15 is 0 Å². The highest BCUT2D eigenvalue weighted by atomic mass is 16.6. The Bertz CT molecular complexity index is 733. The summed E-state index contributed by atoms with van der Waals surface area (Å²) in [6, 6.07) is 7.35. The van der Waals surface area contributed by atoms with E-state index in [2.05, 4.69) is 0 Å². The summed E-state index contributed by atoms with van der Waals surface area (Å²) in [6.45, 7) is 9.13. The minimum Gasteiger partial charge on any atom is -0.459 e. The maximum atomic E-state index is 13.1. The number of hydrogen-bond donors (Lipinski definition) is 0. The zero-order valence-electron chi connectivity index (χ0n) is 16.4. The maximum absolute atomic E-state index is 13.1. The molecule has 3 atom stereocenters. The summed E-state index contributed by atoms with van der Waals surface area (Å²) in [6.07, 6.45) is 0. The predicted octanol–water partition coefficient (Wildman–Crippen LogP) is 2.24. The number of morpholine rings is 1. The van der Waals surface area contributed by atoms with Crippen LogP contribution >= 0.6 is 0 Å². The number of aryl methyl sites for hydroxylation is 1. The fourth-order valence-electron chi connectivity index (χ4n) is 4.21. The van der Waals surface area contributed by atoms with Crippen LogP contribution in [0.2, 0.25) is 0 Å². The first-order valence-corrected chi connectivity index (χ1v) is 9.42. The van der Waals surface area contributed by atoms with E-state index in [-0.39, 0.29) is 11.7 Å². The topological polar surface area (TPSA) is 72.9 Å². The van der Waals surface area contributed by atoms with Crippen molar-refractivity contribution in [2.24, 2.45) is 17.8 Å². The van der Waals surface area contributed by atoms with Gasteiger partial charge in [-0.2, -0.15) is 0 Å². The van der Waals surface area contributed by atoms with Crippen molar-refractivity contribution in [2.45, 2.75) is 33.3 Å². The Hall–Kier alpha value is -2.21. The number of Topliss-reactive ketones (excluding diaryl/α,β-unsaturated/α-hetero) is 1. The molecule has 0 N–H and O–H groups in total. The van der Waals surface area contributed by atoms with Gasteiger partial charge >= 0.3 is 5.97 Å². The first-order chi connectivity index (χ1) is 12.7. The smallest absolute Gasteiger partial charge is 0.319 e. The molecule has 6 heteroatoms. The van der Waals surface area contributed by atoms with Crippen molar-refractivity contribution >= 4 is 17.7 Å². The van der Waals surface area contributed by atoms with Gasteiger partial charge < -0.3 is 14.4 Å². The van der Waals surface area contributed by atoms with E-state index in [1.165, 1.54) is 0 Å². The van der Waals surface area contributed by atoms with Crippen LogP contribution in [0, 0.1) is 24.7 Å². The number of cyclic esters (lactones) is 1. The van der Waals surface area contributed by atoms with Crippen LogP contribution in [0.15, 0.2) is 24.3 Å². The van der Waals surface area contributed by atoms with Gasteiger partial charge in [-0.15, -0.1) is 0 Å². The van der Waals surface area contributed by atoms with Gasteiger partial charge in [0, 0.05) is 30.5 Å². The van der Waals surface area contributed by atoms with Crippen LogP contribution in [0.4, 0.5) is 0 Å². The third kappa shape index (κ3) is 3.76. The molecule has 0 aromatic heterocycles. The molecular formula is C21H27NO5. The normalized spacial score (nSPS) is 25.8. The van der Waals surface area contributed by atoms with Crippen LogP contribution in [-0.4, -0.2) is 54.5 Å². The van der Waals surface area contributed by atoms with Crippen molar-refractivity contribution < 1.29 is 23.9 Å². The van der Waals surface area contributed by atoms with Gasteiger partial charge in [0.1, 0.15) is 11.5 Å². The molecule has 0 radical (unpaired) electrons. The third-order valence-corrected chi connectivity index (χ3v) is 5.66. The van der Waals surface area contributed by atoms with Crippen LogP contribution in [0.1, 0.15) is 36.7 Å². The molecule has 2 fully saturated rings. The summed E-state index contributed by atoms with van der Waals surface area (Å²) >= 11 is 0. The zero-order valence-corrected chi connectivity index (χ0v) is 16.4. The summed E-state index contributed by atoms with van der Waals surface area (Å²) in [5.74, 6) is -2.88. The fourth-order valence-corrected chi connectivity index (χ4v) is 4.21. The van der Waals surface area contributed by atoms with Crippen LogP contribution < -0.4 is 0 Å². The Morgan fingerprint density at radius 2 is 1.74 bits per heavy atom. The lowest BCUT2D eigenvalue weighted by molar-refractivity contribution is -0.153. The lowest BCUT2D eigenvalue weighted by Gasteiger charge is -2.34. The summed E-state index contributed by atoms with van der Waals surface area (Å²) in [5.41, 5.74) is 0.767. The van der Waals surface area contributed by atoms with Crippen LogP contribution in [0.25, 0.3) is 0 Å². The number of amides is 1. The largest absolute Gasteiger partial charge is 0.459 e. The molecule has 2 aliphatic rings. The summed E-state index contributed by atoms with van der Waals surface area (Å²) < 4.78 is 10.8. The van der Waals surface area contributed by atoms with Gasteiger partial charge in [-0.05, 0) is 20.8 Å². The minimum absolute atomic E-state index is 0.0776. The molecule has 27 heavy (non-hydrogen) atoms. The Morgan fingerprint density at radius 1 is 1.15 bits per heavy atom. The van der Waals surface area contributed by atoms with Crippen LogP contribution in [-0.2, 0) is 19.1 Å². The van der Waals surface area contributed by atoms with Crippen LogP contribution in [0.3, 0.4) is 0 Å². The first kappa shape index (κ1) is 19.5. The fraction of sp³-hybridized carbons (Fsp3) is 0.571. The molecule has 0 unspecified atom stereocenters. The molecule has 1 aromatic carbocycles. The minimum atomic E-state index is -0.956. The number of nitrogens with zero attached hydrogens (tertiary/aromatic N) is 1. The molecule has 3 rings (SSSR count). The SMILES string of the molecule is Cc1ccc(C(=O)[C@@H](C)[C@@H]2[C@H](C(=O)N3CCOCC3)C(=O)OC2(C)C)cc1. The molecular weight excluding hydrogens is 346 g/mol. The number of carbonyl (C=O) groups is 3. The highest BCUT2D eigenvalue weighted by Gasteiger charge is 2.57. The molecule has 2 aliphatic heterocycles. The second kappa shape index (κ2) is 7.43. The Kier molecular flexibility index (Phi) is 5.38. The molecule has 0 bridgehead atoms. The summed E-state index contributed by atoms with van der Waals surface area (Å²) in [5, 5.41) is 0. The van der Waals surface area contributed by atoms with Gasteiger partial charge in [-0.3, -0.25) is 14.4 Å². The monoisotopic (exact) mass is 373 g/mol. The van der Waals surface area contributed by atoms with E-state index < -0.39 is 29.3 Å². The number of benzene rings is 1. The zero-order chi connectivity index (χ0) is 19.8. The molecule has 0 spiro atoms. The van der Waals surface area contributed by atoms with Gasteiger partial charge in [-0.25, -0.2) is 0 Å². The Balaban J connectivity index is 1.88. The van der Waals surface area contributed by atoms with E-state index in [1.54, 1.807) is 37.8 Å². The standard InChI is InChI=1S/C21H27NO5/c1-13-5-7-15(8-6-13)18(23)14(2)17-16(20(25)27-21(17,3)4)19(24)22-9-11-26-12-10-22/h5-8,14,16-17H,9-12H2,1-4H3/t14-,16+,17+/m0/s1. The number of carbonyl (C=O) groups excluding carboxylic acids is 3. The quantitative estimate of drug-likeness (QED) is 0.460. The Labute approximate surface area is 159 Å². The average molecular weight is 373 g/mol. The number of esters is 1. The molecule has 1 aromatic rings. The lowest BCUT2D eigenvalue weighted by Crippen LogP contribution is -2.49. The van der Waals surface area contributed by atoms with E-state index in [0.717, 1.165) is 5.56 Å². The van der Waals surface area contributed by atoms with Crippen molar-refractivity contribution in [2.75, 3.05) is 26.3 Å². The van der Waals surface area contributed by atoms with Crippen LogP contribution in [0.5, 0.6) is 0 Å². The number of hydrogen-bond acceptors (Lipinski definition) is 5. The maximum Gasteiger partial charge on any atom is 0.319 e. The summed E-state index contributed by atoms with van der Waals surface area (Å²) in [7, 11) is 0. The highest BCUT2D eigenvalue weighted by molar-refractivity contribution is 6.03. The number of rotatable bonds is 4. The number of ether oxygens (including phenoxy) is 2. The third-order valence-electron chi connectivity index (χ3n) is 5.66.